The summed E-state index contributed by atoms with van der Waals surface area (Å²) in [7, 11) is -5.77. The first kappa shape index (κ1) is 18.6. The van der Waals surface area contributed by atoms with E-state index in [0.717, 1.165) is 43.4 Å². The van der Waals surface area contributed by atoms with Crippen LogP contribution in [0.25, 0.3) is 0 Å². The van der Waals surface area contributed by atoms with Gasteiger partial charge in [0.05, 0.1) is 4.90 Å². The second-order valence-electron chi connectivity index (χ2n) is 6.20. The molecule has 1 aliphatic rings. The lowest BCUT2D eigenvalue weighted by Gasteiger charge is -2.29. The van der Waals surface area contributed by atoms with E-state index >= 15 is 0 Å². The fraction of sp³-hybridized carbons (Fsp3) is 0.412. The molecule has 1 aromatic carbocycles. The van der Waals surface area contributed by atoms with Crippen LogP contribution in [-0.4, -0.2) is 34.2 Å². The van der Waals surface area contributed by atoms with Crippen LogP contribution in [0, 0.1) is 0 Å². The molecule has 0 N–H and O–H groups in total. The van der Waals surface area contributed by atoms with Gasteiger partial charge in [-0.3, -0.25) is 0 Å². The number of rotatable bonds is 5. The molecule has 8 heteroatoms. The Morgan fingerprint density at radius 1 is 0.880 bits per heavy atom. The SMILES string of the molecule is CN(C1CCCCC1)S(=O)(=O)c1ccc(S(=O)(=O)c2ccccc2)s1. The lowest BCUT2D eigenvalue weighted by molar-refractivity contribution is 0.286. The molecule has 0 amide bonds. The lowest BCUT2D eigenvalue weighted by atomic mass is 9.96. The molecule has 0 radical (unpaired) electrons. The van der Waals surface area contributed by atoms with Crippen LogP contribution < -0.4 is 0 Å². The van der Waals surface area contributed by atoms with Crippen LogP contribution >= 0.6 is 11.3 Å². The van der Waals surface area contributed by atoms with E-state index in [1.54, 1.807) is 25.2 Å². The fourth-order valence-electron chi connectivity index (χ4n) is 3.08. The molecule has 1 fully saturated rings. The Hall–Kier alpha value is -1.22. The zero-order valence-corrected chi connectivity index (χ0v) is 16.4. The molecule has 0 spiro atoms. The summed E-state index contributed by atoms with van der Waals surface area (Å²) < 4.78 is 52.5. The minimum Gasteiger partial charge on any atom is -0.218 e. The average molecular weight is 400 g/mol. The second-order valence-corrected chi connectivity index (χ2v) is 11.7. The van der Waals surface area contributed by atoms with Crippen LogP contribution in [0.5, 0.6) is 0 Å². The summed E-state index contributed by atoms with van der Waals surface area (Å²) >= 11 is 0.816. The predicted molar refractivity (Wildman–Crippen MR) is 98.0 cm³/mol. The third-order valence-corrected chi connectivity index (χ3v) is 10.3. The van der Waals surface area contributed by atoms with E-state index in [9.17, 15) is 16.8 Å². The molecule has 1 aliphatic carbocycles. The van der Waals surface area contributed by atoms with Crippen molar-refractivity contribution < 1.29 is 16.8 Å². The summed E-state index contributed by atoms with van der Waals surface area (Å²) in [4.78, 5) is 0.168. The first-order chi connectivity index (χ1) is 11.8. The lowest BCUT2D eigenvalue weighted by Crippen LogP contribution is -2.37. The van der Waals surface area contributed by atoms with E-state index in [2.05, 4.69) is 0 Å². The highest BCUT2D eigenvalue weighted by atomic mass is 32.3. The smallest absolute Gasteiger partial charge is 0.218 e. The van der Waals surface area contributed by atoms with Gasteiger partial charge in [0.1, 0.15) is 8.42 Å². The van der Waals surface area contributed by atoms with Crippen LogP contribution in [0.4, 0.5) is 0 Å². The normalized spacial score (nSPS) is 17.0. The second kappa shape index (κ2) is 7.19. The Kier molecular flexibility index (Phi) is 5.34. The van der Waals surface area contributed by atoms with E-state index in [-0.39, 0.29) is 19.4 Å². The van der Waals surface area contributed by atoms with Crippen molar-refractivity contribution in [1.82, 2.24) is 4.31 Å². The van der Waals surface area contributed by atoms with Crippen molar-refractivity contribution in [2.45, 2.75) is 51.5 Å². The molecular formula is C17H21NO4S3. The van der Waals surface area contributed by atoms with Gasteiger partial charge < -0.3 is 0 Å². The zero-order chi connectivity index (χ0) is 18.1. The van der Waals surface area contributed by atoms with Crippen LogP contribution in [0.2, 0.25) is 0 Å². The van der Waals surface area contributed by atoms with Crippen LogP contribution in [0.15, 0.2) is 55.8 Å². The quantitative estimate of drug-likeness (QED) is 0.771. The predicted octanol–water partition coefficient (Wildman–Crippen LogP) is 3.53. The minimum atomic E-state index is -3.69. The molecule has 2 aromatic rings. The van der Waals surface area contributed by atoms with E-state index in [4.69, 9.17) is 0 Å². The van der Waals surface area contributed by atoms with Crippen LogP contribution in [0.3, 0.4) is 0 Å². The number of nitrogens with zero attached hydrogens (tertiary/aromatic N) is 1. The van der Waals surface area contributed by atoms with Gasteiger partial charge in [0.2, 0.25) is 9.84 Å². The molecule has 1 saturated carbocycles. The molecule has 0 aliphatic heterocycles. The van der Waals surface area contributed by atoms with Gasteiger partial charge in [0, 0.05) is 13.1 Å². The van der Waals surface area contributed by atoms with E-state index in [0.29, 0.717) is 0 Å². The number of hydrogen-bond donors (Lipinski definition) is 0. The highest BCUT2D eigenvalue weighted by Gasteiger charge is 2.31. The summed E-state index contributed by atoms with van der Waals surface area (Å²) in [6.07, 6.45) is 4.92. The van der Waals surface area contributed by atoms with Gasteiger partial charge in [0.15, 0.2) is 0 Å². The molecule has 25 heavy (non-hydrogen) atoms. The summed E-state index contributed by atoms with van der Waals surface area (Å²) in [6.45, 7) is 0. The third-order valence-electron chi connectivity index (χ3n) is 4.60. The van der Waals surface area contributed by atoms with Crippen LogP contribution in [0.1, 0.15) is 32.1 Å². The summed E-state index contributed by atoms with van der Waals surface area (Å²) in [5.41, 5.74) is 0. The van der Waals surface area contributed by atoms with Crippen molar-refractivity contribution in [2.75, 3.05) is 7.05 Å². The number of hydrogen-bond acceptors (Lipinski definition) is 5. The molecule has 0 bridgehead atoms. The summed E-state index contributed by atoms with van der Waals surface area (Å²) in [6, 6.07) is 10.8. The Morgan fingerprint density at radius 3 is 2.12 bits per heavy atom. The van der Waals surface area contributed by atoms with Gasteiger partial charge in [0.25, 0.3) is 10.0 Å². The minimum absolute atomic E-state index is 0.00460. The molecule has 1 aromatic heterocycles. The first-order valence-electron chi connectivity index (χ1n) is 8.21. The first-order valence-corrected chi connectivity index (χ1v) is 12.0. The number of benzene rings is 1. The number of thiophene rings is 1. The molecule has 0 atom stereocenters. The molecule has 3 rings (SSSR count). The van der Waals surface area contributed by atoms with Gasteiger partial charge in [-0.15, -0.1) is 11.3 Å². The highest BCUT2D eigenvalue weighted by Crippen LogP contribution is 2.33. The van der Waals surface area contributed by atoms with E-state index in [1.807, 2.05) is 0 Å². The van der Waals surface area contributed by atoms with Crippen molar-refractivity contribution >= 4 is 31.2 Å². The van der Waals surface area contributed by atoms with Gasteiger partial charge in [-0.25, -0.2) is 16.8 Å². The molecular weight excluding hydrogens is 378 g/mol. The zero-order valence-electron chi connectivity index (χ0n) is 14.0. The molecule has 1 heterocycles. The third kappa shape index (κ3) is 3.67. The summed E-state index contributed by atoms with van der Waals surface area (Å²) in [5, 5.41) is 0. The number of sulfonamides is 1. The average Bonchev–Trinajstić information content (AvgIpc) is 3.14. The van der Waals surface area contributed by atoms with Crippen molar-refractivity contribution in [2.24, 2.45) is 0 Å². The Morgan fingerprint density at radius 2 is 1.48 bits per heavy atom. The molecule has 5 nitrogen and oxygen atoms in total. The standard InChI is InChI=1S/C17H21NO4S3/c1-18(14-8-4-2-5-9-14)25(21,22)17-13-12-16(23-17)24(19,20)15-10-6-3-7-11-15/h3,6-7,10-14H,2,4-5,8-9H2,1H3. The topological polar surface area (TPSA) is 71.5 Å². The van der Waals surface area contributed by atoms with Crippen molar-refractivity contribution in [3.05, 3.63) is 42.5 Å². The van der Waals surface area contributed by atoms with Gasteiger partial charge in [-0.2, -0.15) is 4.31 Å². The maximum atomic E-state index is 12.8. The monoisotopic (exact) mass is 399 g/mol. The Bertz CT molecular complexity index is 927. The van der Waals surface area contributed by atoms with Crippen molar-refractivity contribution in [1.29, 1.82) is 0 Å². The van der Waals surface area contributed by atoms with E-state index < -0.39 is 19.9 Å². The van der Waals surface area contributed by atoms with E-state index in [1.165, 1.54) is 28.6 Å². The fourth-order valence-corrected chi connectivity index (χ4v) is 7.88. The van der Waals surface area contributed by atoms with Crippen molar-refractivity contribution in [3.63, 3.8) is 0 Å². The Balaban J connectivity index is 1.90. The maximum Gasteiger partial charge on any atom is 0.252 e. The van der Waals surface area contributed by atoms with Gasteiger partial charge in [-0.1, -0.05) is 37.5 Å². The highest BCUT2D eigenvalue weighted by molar-refractivity contribution is 7.95. The molecule has 136 valence electrons. The maximum absolute atomic E-state index is 12.8. The largest absolute Gasteiger partial charge is 0.252 e. The molecule has 0 unspecified atom stereocenters. The van der Waals surface area contributed by atoms with Gasteiger partial charge in [-0.05, 0) is 37.1 Å². The summed E-state index contributed by atoms with van der Waals surface area (Å²) in [5.74, 6) is 0. The number of sulfone groups is 1. The van der Waals surface area contributed by atoms with Gasteiger partial charge >= 0.3 is 0 Å². The van der Waals surface area contributed by atoms with Crippen LogP contribution in [-0.2, 0) is 19.9 Å². The van der Waals surface area contributed by atoms with Crippen molar-refractivity contribution in [3.8, 4) is 0 Å². The molecule has 0 saturated heterocycles. The Labute approximate surface area is 153 Å².